The van der Waals surface area contributed by atoms with Crippen LogP contribution in [0.3, 0.4) is 0 Å². The second kappa shape index (κ2) is 5.30. The van der Waals surface area contributed by atoms with Crippen molar-refractivity contribution >= 4 is 58.1 Å². The van der Waals surface area contributed by atoms with E-state index in [9.17, 15) is 4.79 Å². The van der Waals surface area contributed by atoms with Gasteiger partial charge in [0.15, 0.2) is 0 Å². The van der Waals surface area contributed by atoms with E-state index in [1.54, 1.807) is 34.9 Å². The van der Waals surface area contributed by atoms with E-state index in [0.29, 0.717) is 22.2 Å². The molecule has 110 valence electrons. The summed E-state index contributed by atoms with van der Waals surface area (Å²) in [5, 5.41) is 1.03. The predicted octanol–water partition coefficient (Wildman–Crippen LogP) is 4.93. The number of aliphatic imine (C=N–C) groups is 1. The third kappa shape index (κ3) is 2.22. The maximum absolute atomic E-state index is 12.5. The zero-order chi connectivity index (χ0) is 15.3. The van der Waals surface area contributed by atoms with E-state index in [-0.39, 0.29) is 11.2 Å². The van der Waals surface area contributed by atoms with Crippen molar-refractivity contribution in [2.75, 3.05) is 4.90 Å². The minimum absolute atomic E-state index is 0.00767. The van der Waals surface area contributed by atoms with Crippen LogP contribution in [0.2, 0.25) is 10.0 Å². The van der Waals surface area contributed by atoms with Crippen LogP contribution in [0.1, 0.15) is 6.42 Å². The summed E-state index contributed by atoms with van der Waals surface area (Å²) < 4.78 is 0. The number of hydrogen-bond donors (Lipinski definition) is 0. The number of fused-ring (bicyclic) bond motifs is 2. The number of nitrogens with zero attached hydrogens (tertiary/aromatic N) is 2. The molecule has 0 bridgehead atoms. The maximum Gasteiger partial charge on any atom is 0.234 e. The first kappa shape index (κ1) is 14.1. The summed E-state index contributed by atoms with van der Waals surface area (Å²) in [4.78, 5) is 19.9. The third-order valence-corrected chi connectivity index (χ3v) is 5.45. The van der Waals surface area contributed by atoms with Crippen LogP contribution in [0.4, 0.5) is 11.4 Å². The lowest BCUT2D eigenvalue weighted by molar-refractivity contribution is -0.116. The van der Waals surface area contributed by atoms with Crippen LogP contribution >= 0.6 is 35.0 Å². The van der Waals surface area contributed by atoms with Gasteiger partial charge in [-0.1, -0.05) is 35.3 Å². The Kier molecular flexibility index (Phi) is 3.40. The van der Waals surface area contributed by atoms with Crippen molar-refractivity contribution in [2.45, 2.75) is 16.6 Å². The Morgan fingerprint density at radius 3 is 2.82 bits per heavy atom. The molecule has 0 N–H and O–H groups in total. The number of anilines is 1. The molecule has 2 aliphatic rings. The molecule has 3 nitrogen and oxygen atoms in total. The number of amidine groups is 1. The first-order valence-electron chi connectivity index (χ1n) is 6.76. The number of amides is 1. The van der Waals surface area contributed by atoms with Crippen molar-refractivity contribution in [1.29, 1.82) is 0 Å². The molecule has 1 fully saturated rings. The molecule has 0 aliphatic carbocycles. The zero-order valence-electron chi connectivity index (χ0n) is 11.3. The van der Waals surface area contributed by atoms with Gasteiger partial charge in [-0.05, 0) is 30.3 Å². The summed E-state index contributed by atoms with van der Waals surface area (Å²) in [5.41, 5.74) is 1.53. The number of benzene rings is 2. The van der Waals surface area contributed by atoms with Crippen molar-refractivity contribution in [3.63, 3.8) is 0 Å². The third-order valence-electron chi connectivity index (χ3n) is 3.65. The van der Waals surface area contributed by atoms with Crippen LogP contribution in [0.25, 0.3) is 0 Å². The normalized spacial score (nSPS) is 19.7. The van der Waals surface area contributed by atoms with Gasteiger partial charge in [-0.25, -0.2) is 4.99 Å². The number of rotatable bonds is 1. The zero-order valence-corrected chi connectivity index (χ0v) is 13.6. The van der Waals surface area contributed by atoms with Crippen molar-refractivity contribution in [1.82, 2.24) is 0 Å². The molecule has 2 aromatic carbocycles. The highest BCUT2D eigenvalue weighted by molar-refractivity contribution is 8.01. The Bertz CT molecular complexity index is 822. The largest absolute Gasteiger partial charge is 0.274 e. The van der Waals surface area contributed by atoms with Crippen LogP contribution in [-0.2, 0) is 4.79 Å². The van der Waals surface area contributed by atoms with Gasteiger partial charge in [0, 0.05) is 16.3 Å². The molecule has 2 aliphatic heterocycles. The summed E-state index contributed by atoms with van der Waals surface area (Å²) >= 11 is 13.9. The van der Waals surface area contributed by atoms with E-state index in [0.717, 1.165) is 16.4 Å². The minimum Gasteiger partial charge on any atom is -0.274 e. The number of hydrogen-bond acceptors (Lipinski definition) is 3. The average Bonchev–Trinajstić information content (AvgIpc) is 2.80. The highest BCUT2D eigenvalue weighted by Gasteiger charge is 2.41. The lowest BCUT2D eigenvalue weighted by atomic mass is 10.3. The Balaban J connectivity index is 1.83. The highest BCUT2D eigenvalue weighted by Crippen LogP contribution is 2.44. The molecule has 4 rings (SSSR count). The van der Waals surface area contributed by atoms with Crippen molar-refractivity contribution < 1.29 is 4.79 Å². The first-order chi connectivity index (χ1) is 10.6. The van der Waals surface area contributed by atoms with Gasteiger partial charge in [0.2, 0.25) is 5.91 Å². The number of halogens is 2. The lowest BCUT2D eigenvalue weighted by Gasteiger charge is -2.23. The summed E-state index contributed by atoms with van der Waals surface area (Å²) in [6.45, 7) is 0. The molecule has 0 aromatic heterocycles. The molecule has 2 aromatic rings. The van der Waals surface area contributed by atoms with Gasteiger partial charge in [0.05, 0.1) is 21.6 Å². The van der Waals surface area contributed by atoms with Crippen molar-refractivity contribution in [3.8, 4) is 0 Å². The molecule has 0 unspecified atom stereocenters. The topological polar surface area (TPSA) is 32.7 Å². The van der Waals surface area contributed by atoms with Crippen LogP contribution < -0.4 is 4.90 Å². The molecule has 6 heteroatoms. The fraction of sp³-hybridized carbons (Fsp3) is 0.125. The van der Waals surface area contributed by atoms with Crippen LogP contribution in [0.5, 0.6) is 0 Å². The highest BCUT2D eigenvalue weighted by atomic mass is 35.5. The van der Waals surface area contributed by atoms with Crippen LogP contribution in [-0.4, -0.2) is 17.0 Å². The second-order valence-electron chi connectivity index (χ2n) is 5.07. The molecule has 0 radical (unpaired) electrons. The van der Waals surface area contributed by atoms with Gasteiger partial charge in [0.1, 0.15) is 5.84 Å². The van der Waals surface area contributed by atoms with Gasteiger partial charge in [0.25, 0.3) is 0 Å². The SMILES string of the molecule is O=C1C[C@@H]2Sc3ccccc3N=C2N1c1ccc(Cl)cc1Cl. The monoisotopic (exact) mass is 348 g/mol. The lowest BCUT2D eigenvalue weighted by Crippen LogP contribution is -2.32. The van der Waals surface area contributed by atoms with Crippen molar-refractivity contribution in [3.05, 3.63) is 52.5 Å². The molecule has 1 saturated heterocycles. The minimum atomic E-state index is 0.00767. The van der Waals surface area contributed by atoms with Gasteiger partial charge >= 0.3 is 0 Å². The van der Waals surface area contributed by atoms with E-state index in [4.69, 9.17) is 23.2 Å². The van der Waals surface area contributed by atoms with E-state index in [2.05, 4.69) is 4.99 Å². The number of thioether (sulfide) groups is 1. The van der Waals surface area contributed by atoms with Gasteiger partial charge in [-0.3, -0.25) is 9.69 Å². The van der Waals surface area contributed by atoms with E-state index in [1.165, 1.54) is 0 Å². The molecule has 0 saturated carbocycles. The second-order valence-corrected chi connectivity index (χ2v) is 7.16. The van der Waals surface area contributed by atoms with Crippen molar-refractivity contribution in [2.24, 2.45) is 4.99 Å². The summed E-state index contributed by atoms with van der Waals surface area (Å²) in [6, 6.07) is 13.0. The Morgan fingerprint density at radius 1 is 1.18 bits per heavy atom. The molecule has 22 heavy (non-hydrogen) atoms. The fourth-order valence-corrected chi connectivity index (χ4v) is 4.36. The number of para-hydroxylation sites is 1. The van der Waals surface area contributed by atoms with Gasteiger partial charge < -0.3 is 0 Å². The quantitative estimate of drug-likeness (QED) is 0.731. The predicted molar refractivity (Wildman–Crippen MR) is 91.7 cm³/mol. The van der Waals surface area contributed by atoms with Gasteiger partial charge in [-0.2, -0.15) is 0 Å². The van der Waals surface area contributed by atoms with Gasteiger partial charge in [-0.15, -0.1) is 11.8 Å². The summed E-state index contributed by atoms with van der Waals surface area (Å²) in [5.74, 6) is 0.756. The van der Waals surface area contributed by atoms with Crippen LogP contribution in [0, 0.1) is 0 Å². The smallest absolute Gasteiger partial charge is 0.234 e. The van der Waals surface area contributed by atoms with E-state index < -0.39 is 0 Å². The molecule has 2 heterocycles. The molecular weight excluding hydrogens is 339 g/mol. The summed E-state index contributed by atoms with van der Waals surface area (Å²) in [7, 11) is 0. The Hall–Kier alpha value is -1.49. The molecule has 0 spiro atoms. The Morgan fingerprint density at radius 2 is 2.00 bits per heavy atom. The standard InChI is InChI=1S/C16H10Cl2N2OS/c17-9-5-6-12(10(18)7-9)20-15(21)8-14-16(20)19-11-3-1-2-4-13(11)22-14/h1-7,14H,8H2/t14-/m0/s1. The van der Waals surface area contributed by atoms with E-state index in [1.807, 2.05) is 24.3 Å². The average molecular weight is 349 g/mol. The number of carbonyl (C=O) groups is 1. The molecule has 1 amide bonds. The first-order valence-corrected chi connectivity index (χ1v) is 8.39. The fourth-order valence-electron chi connectivity index (χ4n) is 2.68. The van der Waals surface area contributed by atoms with Crippen LogP contribution in [0.15, 0.2) is 52.4 Å². The number of carbonyl (C=O) groups excluding carboxylic acids is 1. The molecule has 1 atom stereocenters. The Labute approximate surface area is 141 Å². The summed E-state index contributed by atoms with van der Waals surface area (Å²) in [6.07, 6.45) is 0.427. The molecular formula is C16H10Cl2N2OS. The van der Waals surface area contributed by atoms with E-state index >= 15 is 0 Å². The maximum atomic E-state index is 12.5.